The Balaban J connectivity index is 0.000000270. The maximum atomic E-state index is 9.60. The molecule has 1 aliphatic heterocycles. The molecule has 0 saturated carbocycles. The van der Waals surface area contributed by atoms with E-state index in [0.717, 1.165) is 25.1 Å². The van der Waals surface area contributed by atoms with Gasteiger partial charge >= 0.3 is 0 Å². The zero-order valence-electron chi connectivity index (χ0n) is 12.8. The molecule has 1 aliphatic rings. The van der Waals surface area contributed by atoms with E-state index in [4.69, 9.17) is 5.11 Å². The number of hydrogen-bond donors (Lipinski definition) is 2. The highest BCUT2D eigenvalue weighted by atomic mass is 16.5. The van der Waals surface area contributed by atoms with Gasteiger partial charge in [0, 0.05) is 24.5 Å². The van der Waals surface area contributed by atoms with Crippen molar-refractivity contribution in [2.24, 2.45) is 0 Å². The summed E-state index contributed by atoms with van der Waals surface area (Å²) in [5.41, 5.74) is 2.03. The Kier molecular flexibility index (Phi) is 6.98. The summed E-state index contributed by atoms with van der Waals surface area (Å²) in [5, 5.41) is 12.0. The quantitative estimate of drug-likeness (QED) is 0.817. The van der Waals surface area contributed by atoms with Crippen molar-refractivity contribution in [3.05, 3.63) is 29.9 Å². The average Bonchev–Trinajstić information content (AvgIpc) is 2.48. The first-order valence-corrected chi connectivity index (χ1v) is 6.89. The molecule has 0 bridgehead atoms. The summed E-state index contributed by atoms with van der Waals surface area (Å²) in [6, 6.07) is 0. The summed E-state index contributed by atoms with van der Waals surface area (Å²) >= 11 is 0. The zero-order valence-corrected chi connectivity index (χ0v) is 12.8. The molecule has 0 amide bonds. The van der Waals surface area contributed by atoms with Crippen molar-refractivity contribution < 1.29 is 14.6 Å². The molecule has 0 radical (unpaired) electrons. The number of ether oxygens (including phenoxy) is 1. The van der Waals surface area contributed by atoms with Gasteiger partial charge in [-0.05, 0) is 39.3 Å². The van der Waals surface area contributed by atoms with Crippen molar-refractivity contribution in [1.82, 2.24) is 15.3 Å². The molecule has 0 unspecified atom stereocenters. The van der Waals surface area contributed by atoms with Crippen molar-refractivity contribution in [2.45, 2.75) is 39.4 Å². The molecule has 1 aromatic rings. The second-order valence-corrected chi connectivity index (χ2v) is 5.56. The Bertz CT molecular complexity index is 464. The second-order valence-electron chi connectivity index (χ2n) is 5.56. The van der Waals surface area contributed by atoms with Crippen molar-refractivity contribution in [2.75, 3.05) is 13.1 Å². The molecule has 2 heterocycles. The molecular formula is C15H23N3O3. The Hall–Kier alpha value is -1.79. The van der Waals surface area contributed by atoms with Crippen LogP contribution in [0.25, 0.3) is 5.57 Å². The topological polar surface area (TPSA) is 84.3 Å². The first kappa shape index (κ1) is 17.3. The van der Waals surface area contributed by atoms with Crippen LogP contribution in [0.4, 0.5) is 0 Å². The molecule has 6 heteroatoms. The van der Waals surface area contributed by atoms with Gasteiger partial charge in [-0.3, -0.25) is 4.79 Å². The van der Waals surface area contributed by atoms with E-state index in [9.17, 15) is 4.79 Å². The van der Waals surface area contributed by atoms with Gasteiger partial charge in [-0.15, -0.1) is 0 Å². The van der Waals surface area contributed by atoms with Crippen LogP contribution in [0.3, 0.4) is 0 Å². The van der Waals surface area contributed by atoms with Crippen molar-refractivity contribution in [3.63, 3.8) is 0 Å². The SMILES string of the molecule is CC(C)(C)OC=O.OCc1ncc(C2=CCNCC2)cn1. The van der Waals surface area contributed by atoms with Crippen molar-refractivity contribution in [3.8, 4) is 0 Å². The molecule has 2 N–H and O–H groups in total. The number of aliphatic hydroxyl groups is 1. The van der Waals surface area contributed by atoms with E-state index in [1.165, 1.54) is 5.57 Å². The molecule has 0 aliphatic carbocycles. The number of nitrogens with zero attached hydrogens (tertiary/aromatic N) is 2. The fourth-order valence-electron chi connectivity index (χ4n) is 1.63. The van der Waals surface area contributed by atoms with Crippen LogP contribution in [-0.4, -0.2) is 40.2 Å². The lowest BCUT2D eigenvalue weighted by molar-refractivity contribution is -0.138. The van der Waals surface area contributed by atoms with Gasteiger partial charge in [-0.25, -0.2) is 9.97 Å². The minimum Gasteiger partial charge on any atom is -0.462 e. The molecule has 116 valence electrons. The van der Waals surface area contributed by atoms with E-state index in [2.05, 4.69) is 26.1 Å². The summed E-state index contributed by atoms with van der Waals surface area (Å²) in [6.45, 7) is 7.75. The lowest BCUT2D eigenvalue weighted by Gasteiger charge is -2.14. The molecule has 6 nitrogen and oxygen atoms in total. The molecule has 0 spiro atoms. The van der Waals surface area contributed by atoms with Crippen LogP contribution in [0.15, 0.2) is 18.5 Å². The predicted molar refractivity (Wildman–Crippen MR) is 80.3 cm³/mol. The normalized spacial score (nSPS) is 14.6. The second kappa shape index (κ2) is 8.49. The summed E-state index contributed by atoms with van der Waals surface area (Å²) in [5.74, 6) is 0.475. The number of rotatable bonds is 3. The number of hydrogen-bond acceptors (Lipinski definition) is 6. The van der Waals surface area contributed by atoms with E-state index in [-0.39, 0.29) is 12.2 Å². The fraction of sp³-hybridized carbons (Fsp3) is 0.533. The first-order valence-electron chi connectivity index (χ1n) is 6.89. The Morgan fingerprint density at radius 1 is 1.38 bits per heavy atom. The fourth-order valence-corrected chi connectivity index (χ4v) is 1.63. The molecule has 0 aromatic carbocycles. The molecule has 1 aromatic heterocycles. The van der Waals surface area contributed by atoms with E-state index in [1.54, 1.807) is 12.4 Å². The smallest absolute Gasteiger partial charge is 0.293 e. The van der Waals surface area contributed by atoms with E-state index < -0.39 is 0 Å². The van der Waals surface area contributed by atoms with E-state index >= 15 is 0 Å². The van der Waals surface area contributed by atoms with Crippen LogP contribution < -0.4 is 5.32 Å². The average molecular weight is 293 g/mol. The Morgan fingerprint density at radius 2 is 2.05 bits per heavy atom. The van der Waals surface area contributed by atoms with Crippen molar-refractivity contribution >= 4 is 12.0 Å². The molecule has 0 saturated heterocycles. The lowest BCUT2D eigenvalue weighted by Crippen LogP contribution is -2.20. The molecule has 21 heavy (non-hydrogen) atoms. The largest absolute Gasteiger partial charge is 0.462 e. The predicted octanol–water partition coefficient (Wildman–Crippen LogP) is 1.30. The third kappa shape index (κ3) is 6.97. The minimum absolute atomic E-state index is 0.0963. The zero-order chi connectivity index (χ0) is 15.7. The Labute approximate surface area is 125 Å². The summed E-state index contributed by atoms with van der Waals surface area (Å²) in [6.07, 6.45) is 6.72. The number of aliphatic hydroxyl groups excluding tert-OH is 1. The maximum absolute atomic E-state index is 9.60. The van der Waals surface area contributed by atoms with Gasteiger partial charge in [-0.2, -0.15) is 0 Å². The van der Waals surface area contributed by atoms with Crippen molar-refractivity contribution in [1.29, 1.82) is 0 Å². The van der Waals surface area contributed by atoms with Crippen LogP contribution in [0.2, 0.25) is 0 Å². The van der Waals surface area contributed by atoms with Gasteiger partial charge in [0.15, 0.2) is 5.82 Å². The number of carbonyl (C=O) groups is 1. The molecular weight excluding hydrogens is 270 g/mol. The van der Waals surface area contributed by atoms with Gasteiger partial charge in [-0.1, -0.05) is 6.08 Å². The molecule has 0 atom stereocenters. The maximum Gasteiger partial charge on any atom is 0.293 e. The van der Waals surface area contributed by atoms with Gasteiger partial charge < -0.3 is 15.2 Å². The number of aromatic nitrogens is 2. The minimum atomic E-state index is -0.318. The lowest BCUT2D eigenvalue weighted by atomic mass is 10.0. The van der Waals surface area contributed by atoms with Gasteiger partial charge in [0.25, 0.3) is 6.47 Å². The molecule has 2 rings (SSSR count). The highest BCUT2D eigenvalue weighted by Crippen LogP contribution is 2.17. The summed E-state index contributed by atoms with van der Waals surface area (Å²) in [4.78, 5) is 17.7. The number of carbonyl (C=O) groups excluding carboxylic acids is 1. The van der Waals surface area contributed by atoms with E-state index in [0.29, 0.717) is 12.3 Å². The summed E-state index contributed by atoms with van der Waals surface area (Å²) < 4.78 is 4.55. The van der Waals surface area contributed by atoms with Gasteiger partial charge in [0.05, 0.1) is 0 Å². The van der Waals surface area contributed by atoms with Gasteiger partial charge in [0.2, 0.25) is 0 Å². The van der Waals surface area contributed by atoms with Crippen LogP contribution in [0.1, 0.15) is 38.6 Å². The number of nitrogens with one attached hydrogen (secondary N) is 1. The van der Waals surface area contributed by atoms with Crippen LogP contribution in [0, 0.1) is 0 Å². The third-order valence-corrected chi connectivity index (χ3v) is 2.68. The third-order valence-electron chi connectivity index (χ3n) is 2.68. The van der Waals surface area contributed by atoms with Crippen LogP contribution in [-0.2, 0) is 16.1 Å². The van der Waals surface area contributed by atoms with Crippen LogP contribution >= 0.6 is 0 Å². The highest BCUT2D eigenvalue weighted by molar-refractivity contribution is 5.65. The van der Waals surface area contributed by atoms with E-state index in [1.807, 2.05) is 20.8 Å². The Morgan fingerprint density at radius 3 is 2.43 bits per heavy atom. The van der Waals surface area contributed by atoms with Gasteiger partial charge in [0.1, 0.15) is 12.2 Å². The monoisotopic (exact) mass is 293 g/mol. The standard InChI is InChI=1S/C10H13N3O.C5H10O2/c14-7-10-12-5-9(6-13-10)8-1-3-11-4-2-8;1-5(2,3)7-4-6/h1,5-6,11,14H,2-4,7H2;4H,1-3H3. The highest BCUT2D eigenvalue weighted by Gasteiger charge is 2.07. The van der Waals surface area contributed by atoms with Crippen LogP contribution in [0.5, 0.6) is 0 Å². The summed E-state index contributed by atoms with van der Waals surface area (Å²) in [7, 11) is 0. The molecule has 0 fully saturated rings. The first-order chi connectivity index (χ1) is 9.96.